The van der Waals surface area contributed by atoms with Crippen molar-refractivity contribution in [1.29, 1.82) is 0 Å². The Morgan fingerprint density at radius 3 is 1.55 bits per heavy atom. The molecule has 0 atom stereocenters. The molecular formula is C56H37NO. The molecule has 0 aliphatic heterocycles. The largest absolute Gasteiger partial charge is 0.455 e. The molecule has 0 saturated carbocycles. The molecule has 11 rings (SSSR count). The van der Waals surface area contributed by atoms with Crippen LogP contribution in [0, 0.1) is 0 Å². The lowest BCUT2D eigenvalue weighted by Gasteiger charge is -2.28. The molecule has 0 unspecified atom stereocenters. The van der Waals surface area contributed by atoms with Crippen molar-refractivity contribution in [1.82, 2.24) is 0 Å². The van der Waals surface area contributed by atoms with Gasteiger partial charge in [0.1, 0.15) is 11.2 Å². The normalized spacial score (nSPS) is 11.4. The summed E-state index contributed by atoms with van der Waals surface area (Å²) in [5, 5.41) is 7.01. The topological polar surface area (TPSA) is 16.4 Å². The zero-order valence-electron chi connectivity index (χ0n) is 31.7. The van der Waals surface area contributed by atoms with E-state index in [0.29, 0.717) is 0 Å². The summed E-state index contributed by atoms with van der Waals surface area (Å²) in [6.07, 6.45) is 0. The number of anilines is 3. The Hall–Kier alpha value is -7.68. The summed E-state index contributed by atoms with van der Waals surface area (Å²) >= 11 is 0. The summed E-state index contributed by atoms with van der Waals surface area (Å²) in [4.78, 5) is 2.39. The smallest absolute Gasteiger partial charge is 0.143 e. The first-order chi connectivity index (χ1) is 28.8. The fourth-order valence-electron chi connectivity index (χ4n) is 8.66. The van der Waals surface area contributed by atoms with Crippen LogP contribution >= 0.6 is 0 Å². The van der Waals surface area contributed by atoms with Crippen molar-refractivity contribution >= 4 is 60.5 Å². The zero-order chi connectivity index (χ0) is 38.4. The predicted octanol–water partition coefficient (Wildman–Crippen LogP) is 16.0. The molecule has 0 aliphatic rings. The molecule has 10 aromatic carbocycles. The third kappa shape index (κ3) is 5.82. The van der Waals surface area contributed by atoms with Gasteiger partial charge in [-0.05, 0) is 97.6 Å². The van der Waals surface area contributed by atoms with Gasteiger partial charge in [0, 0.05) is 33.1 Å². The highest BCUT2D eigenvalue weighted by atomic mass is 16.3. The standard InChI is InChI=1S/C56H37NO/c1-2-12-38(13-3-1)39-24-26-40(27-25-39)41-28-33-45(34-29-41)57(46-35-30-43(31-36-46)48-20-10-15-42-14-4-5-17-47(42)48)53-22-8-6-18-49(53)51-21-11-16-44-32-37-52-50-19-7-9-23-54(50)58-56(52)55(44)51/h1-37H. The van der Waals surface area contributed by atoms with Crippen LogP contribution in [0.4, 0.5) is 17.1 Å². The van der Waals surface area contributed by atoms with Gasteiger partial charge in [-0.15, -0.1) is 0 Å². The van der Waals surface area contributed by atoms with Crippen molar-refractivity contribution < 1.29 is 4.42 Å². The average Bonchev–Trinajstić information content (AvgIpc) is 3.69. The molecular weight excluding hydrogens is 703 g/mol. The Morgan fingerprint density at radius 1 is 0.293 bits per heavy atom. The molecule has 272 valence electrons. The van der Waals surface area contributed by atoms with E-state index in [-0.39, 0.29) is 0 Å². The molecule has 0 amide bonds. The van der Waals surface area contributed by atoms with Gasteiger partial charge in [-0.1, -0.05) is 182 Å². The molecule has 0 spiro atoms. The Balaban J connectivity index is 1.06. The van der Waals surface area contributed by atoms with E-state index in [2.05, 4.69) is 223 Å². The third-order valence-corrected chi connectivity index (χ3v) is 11.5. The summed E-state index contributed by atoms with van der Waals surface area (Å²) in [6.45, 7) is 0. The van der Waals surface area contributed by atoms with Crippen molar-refractivity contribution in [2.75, 3.05) is 4.90 Å². The second-order valence-electron chi connectivity index (χ2n) is 14.9. The third-order valence-electron chi connectivity index (χ3n) is 11.5. The maximum atomic E-state index is 6.66. The summed E-state index contributed by atoms with van der Waals surface area (Å²) in [5.41, 5.74) is 14.5. The molecule has 58 heavy (non-hydrogen) atoms. The number of nitrogens with zero attached hydrogens (tertiary/aromatic N) is 1. The molecule has 0 saturated heterocycles. The molecule has 11 aromatic rings. The number of furan rings is 1. The van der Waals surface area contributed by atoms with E-state index < -0.39 is 0 Å². The Kier molecular flexibility index (Phi) is 8.19. The highest BCUT2D eigenvalue weighted by Crippen LogP contribution is 2.46. The number of hydrogen-bond donors (Lipinski definition) is 0. The fraction of sp³-hybridized carbons (Fsp3) is 0. The highest BCUT2D eigenvalue weighted by Gasteiger charge is 2.21. The molecule has 0 bridgehead atoms. The number of rotatable bonds is 7. The molecule has 1 aromatic heterocycles. The lowest BCUT2D eigenvalue weighted by atomic mass is 9.94. The van der Waals surface area contributed by atoms with E-state index in [0.717, 1.165) is 60.9 Å². The first-order valence-electron chi connectivity index (χ1n) is 19.8. The van der Waals surface area contributed by atoms with Crippen molar-refractivity contribution in [2.45, 2.75) is 0 Å². The Labute approximate surface area is 337 Å². The van der Waals surface area contributed by atoms with E-state index in [4.69, 9.17) is 4.42 Å². The maximum absolute atomic E-state index is 6.66. The minimum absolute atomic E-state index is 0.899. The summed E-state index contributed by atoms with van der Waals surface area (Å²) < 4.78 is 6.66. The molecule has 2 heteroatoms. The van der Waals surface area contributed by atoms with Gasteiger partial charge in [0.05, 0.1) is 5.69 Å². The first-order valence-corrected chi connectivity index (χ1v) is 19.8. The van der Waals surface area contributed by atoms with Gasteiger partial charge < -0.3 is 9.32 Å². The van der Waals surface area contributed by atoms with Crippen molar-refractivity contribution in [3.63, 3.8) is 0 Å². The molecule has 2 nitrogen and oxygen atoms in total. The summed E-state index contributed by atoms with van der Waals surface area (Å²) in [6, 6.07) is 80.6. The Morgan fingerprint density at radius 2 is 0.810 bits per heavy atom. The summed E-state index contributed by atoms with van der Waals surface area (Å²) in [5.74, 6) is 0. The fourth-order valence-corrected chi connectivity index (χ4v) is 8.66. The van der Waals surface area contributed by atoms with Crippen LogP contribution in [0.15, 0.2) is 229 Å². The van der Waals surface area contributed by atoms with Gasteiger partial charge in [-0.3, -0.25) is 0 Å². The number of para-hydroxylation sites is 2. The van der Waals surface area contributed by atoms with E-state index in [9.17, 15) is 0 Å². The van der Waals surface area contributed by atoms with Crippen LogP contribution in [0.3, 0.4) is 0 Å². The lowest BCUT2D eigenvalue weighted by Crippen LogP contribution is -2.11. The minimum atomic E-state index is 0.899. The monoisotopic (exact) mass is 739 g/mol. The van der Waals surface area contributed by atoms with Gasteiger partial charge >= 0.3 is 0 Å². The van der Waals surface area contributed by atoms with Gasteiger partial charge in [-0.25, -0.2) is 0 Å². The molecule has 1 heterocycles. The van der Waals surface area contributed by atoms with Crippen molar-refractivity contribution in [2.24, 2.45) is 0 Å². The lowest BCUT2D eigenvalue weighted by molar-refractivity contribution is 0.673. The van der Waals surface area contributed by atoms with Crippen LogP contribution in [-0.4, -0.2) is 0 Å². The number of benzene rings is 10. The number of hydrogen-bond acceptors (Lipinski definition) is 2. The van der Waals surface area contributed by atoms with E-state index in [1.54, 1.807) is 0 Å². The first kappa shape index (κ1) is 33.6. The van der Waals surface area contributed by atoms with Gasteiger partial charge in [0.15, 0.2) is 0 Å². The van der Waals surface area contributed by atoms with Gasteiger partial charge in [-0.2, -0.15) is 0 Å². The van der Waals surface area contributed by atoms with Gasteiger partial charge in [0.2, 0.25) is 0 Å². The van der Waals surface area contributed by atoms with Crippen molar-refractivity contribution in [3.05, 3.63) is 224 Å². The van der Waals surface area contributed by atoms with Crippen LogP contribution in [0.5, 0.6) is 0 Å². The quantitative estimate of drug-likeness (QED) is 0.162. The summed E-state index contributed by atoms with van der Waals surface area (Å²) in [7, 11) is 0. The van der Waals surface area contributed by atoms with E-state index in [1.165, 1.54) is 44.2 Å². The van der Waals surface area contributed by atoms with Crippen LogP contribution in [-0.2, 0) is 0 Å². The second-order valence-corrected chi connectivity index (χ2v) is 14.9. The van der Waals surface area contributed by atoms with Crippen LogP contribution in [0.2, 0.25) is 0 Å². The van der Waals surface area contributed by atoms with E-state index >= 15 is 0 Å². The van der Waals surface area contributed by atoms with E-state index in [1.807, 2.05) is 6.07 Å². The average molecular weight is 740 g/mol. The van der Waals surface area contributed by atoms with Crippen LogP contribution in [0.1, 0.15) is 0 Å². The SMILES string of the molecule is c1ccc(-c2ccc(-c3ccc(N(c4ccc(-c5cccc6ccccc56)cc4)c4ccccc4-c4cccc5ccc6c7ccccc7oc6c45)cc3)cc2)cc1. The zero-order valence-corrected chi connectivity index (χ0v) is 31.7. The predicted molar refractivity (Wildman–Crippen MR) is 245 cm³/mol. The number of fused-ring (bicyclic) bond motifs is 6. The molecule has 0 N–H and O–H groups in total. The van der Waals surface area contributed by atoms with Crippen LogP contribution in [0.25, 0.3) is 88.0 Å². The van der Waals surface area contributed by atoms with Crippen LogP contribution < -0.4 is 4.90 Å². The molecule has 0 radical (unpaired) electrons. The molecule has 0 fully saturated rings. The second kappa shape index (κ2) is 14.1. The van der Waals surface area contributed by atoms with Gasteiger partial charge in [0.25, 0.3) is 0 Å². The molecule has 0 aliphatic carbocycles. The highest BCUT2D eigenvalue weighted by molar-refractivity contribution is 6.19. The minimum Gasteiger partial charge on any atom is -0.455 e. The Bertz CT molecular complexity index is 3250. The van der Waals surface area contributed by atoms with Crippen molar-refractivity contribution in [3.8, 4) is 44.5 Å². The maximum Gasteiger partial charge on any atom is 0.143 e.